The SMILES string of the molecule is CC1=NC=C(C(=O)NC(c2ccc(S(C)(=O)=O)cc2F)C(C)C)C(=O)C1c1cccc(C(F)(F)F)c1. The van der Waals surface area contributed by atoms with E-state index in [-0.39, 0.29) is 33.2 Å². The summed E-state index contributed by atoms with van der Waals surface area (Å²) in [5.74, 6) is -4.03. The highest BCUT2D eigenvalue weighted by Crippen LogP contribution is 2.34. The fraction of sp³-hybridized carbons (Fsp3) is 0.320. The minimum Gasteiger partial charge on any atom is -0.345 e. The number of nitrogens with zero attached hydrogens (tertiary/aromatic N) is 1. The lowest BCUT2D eigenvalue weighted by Gasteiger charge is -2.26. The Morgan fingerprint density at radius 1 is 1.11 bits per heavy atom. The number of aliphatic imine (C=N–C) groups is 1. The van der Waals surface area contributed by atoms with Crippen LogP contribution in [-0.2, 0) is 25.6 Å². The van der Waals surface area contributed by atoms with Crippen LogP contribution in [0.25, 0.3) is 0 Å². The number of hydrogen-bond acceptors (Lipinski definition) is 5. The second-order valence-corrected chi connectivity index (χ2v) is 10.9. The van der Waals surface area contributed by atoms with Crippen molar-refractivity contribution in [2.24, 2.45) is 10.9 Å². The summed E-state index contributed by atoms with van der Waals surface area (Å²) in [5.41, 5.74) is -1.05. The highest BCUT2D eigenvalue weighted by atomic mass is 32.2. The van der Waals surface area contributed by atoms with Crippen LogP contribution in [-0.4, -0.2) is 32.1 Å². The molecule has 0 saturated heterocycles. The van der Waals surface area contributed by atoms with Gasteiger partial charge in [0, 0.05) is 23.7 Å². The first-order chi connectivity index (χ1) is 16.6. The minimum atomic E-state index is -4.62. The number of benzene rings is 2. The van der Waals surface area contributed by atoms with Crippen LogP contribution < -0.4 is 5.32 Å². The third-order valence-electron chi connectivity index (χ3n) is 5.82. The molecule has 0 bridgehead atoms. The van der Waals surface area contributed by atoms with Crippen molar-refractivity contribution >= 4 is 27.2 Å². The highest BCUT2D eigenvalue weighted by Gasteiger charge is 2.36. The van der Waals surface area contributed by atoms with E-state index in [0.29, 0.717) is 0 Å². The van der Waals surface area contributed by atoms with Gasteiger partial charge in [0.05, 0.1) is 22.4 Å². The number of rotatable bonds is 6. The fourth-order valence-electron chi connectivity index (χ4n) is 3.92. The number of halogens is 4. The molecule has 0 fully saturated rings. The molecule has 1 N–H and O–H groups in total. The predicted molar refractivity (Wildman–Crippen MR) is 126 cm³/mol. The molecule has 11 heteroatoms. The van der Waals surface area contributed by atoms with Crippen LogP contribution in [0.3, 0.4) is 0 Å². The molecule has 36 heavy (non-hydrogen) atoms. The van der Waals surface area contributed by atoms with E-state index in [4.69, 9.17) is 0 Å². The quantitative estimate of drug-likeness (QED) is 0.435. The summed E-state index contributed by atoms with van der Waals surface area (Å²) >= 11 is 0. The summed E-state index contributed by atoms with van der Waals surface area (Å²) in [4.78, 5) is 30.1. The molecule has 0 spiro atoms. The largest absolute Gasteiger partial charge is 0.416 e. The van der Waals surface area contributed by atoms with Gasteiger partial charge in [-0.15, -0.1) is 0 Å². The van der Waals surface area contributed by atoms with E-state index in [1.54, 1.807) is 13.8 Å². The van der Waals surface area contributed by atoms with Gasteiger partial charge in [0.1, 0.15) is 11.4 Å². The van der Waals surface area contributed by atoms with Crippen LogP contribution >= 0.6 is 0 Å². The average molecular weight is 525 g/mol. The Labute approximate surface area is 206 Å². The molecule has 2 atom stereocenters. The molecule has 1 aliphatic heterocycles. The zero-order valence-corrected chi connectivity index (χ0v) is 20.7. The fourth-order valence-corrected chi connectivity index (χ4v) is 4.55. The van der Waals surface area contributed by atoms with E-state index in [0.717, 1.165) is 30.7 Å². The van der Waals surface area contributed by atoms with E-state index >= 15 is 0 Å². The Hall–Kier alpha value is -3.34. The normalized spacial score (nSPS) is 17.5. The first-order valence-corrected chi connectivity index (χ1v) is 12.8. The van der Waals surface area contributed by atoms with Gasteiger partial charge in [0.2, 0.25) is 0 Å². The summed E-state index contributed by atoms with van der Waals surface area (Å²) in [6.07, 6.45) is -2.64. The van der Waals surface area contributed by atoms with Crippen LogP contribution in [0.15, 0.2) is 64.1 Å². The average Bonchev–Trinajstić information content (AvgIpc) is 2.76. The molecule has 2 aromatic carbocycles. The van der Waals surface area contributed by atoms with E-state index in [1.807, 2.05) is 0 Å². The number of ketones is 1. The number of alkyl halides is 3. The summed E-state index contributed by atoms with van der Waals surface area (Å²) < 4.78 is 77.8. The lowest BCUT2D eigenvalue weighted by Crippen LogP contribution is -2.38. The standard InChI is InChI=1S/C25H24F4N2O4S/c1-13(2)22(18-9-8-17(11-20(18)26)36(4,34)35)31-24(33)19-12-30-14(3)21(23(19)32)15-6-5-7-16(10-15)25(27,28)29/h5-13,21-22H,1-4H3,(H,31,33). The molecule has 0 aromatic heterocycles. The Bertz CT molecular complexity index is 1380. The Kier molecular flexibility index (Phi) is 7.54. The number of hydrogen-bond donors (Lipinski definition) is 1. The molecular formula is C25H24F4N2O4S. The van der Waals surface area contributed by atoms with Crippen molar-refractivity contribution in [2.75, 3.05) is 6.26 Å². The Morgan fingerprint density at radius 3 is 2.33 bits per heavy atom. The lowest BCUT2D eigenvalue weighted by molar-refractivity contribution is -0.137. The number of nitrogens with one attached hydrogen (secondary N) is 1. The Balaban J connectivity index is 1.91. The molecule has 0 saturated carbocycles. The summed E-state index contributed by atoms with van der Waals surface area (Å²) in [7, 11) is -3.65. The third-order valence-corrected chi connectivity index (χ3v) is 6.93. The molecule has 1 aliphatic rings. The van der Waals surface area contributed by atoms with Crippen molar-refractivity contribution in [3.05, 3.63) is 76.7 Å². The maximum atomic E-state index is 14.8. The monoisotopic (exact) mass is 524 g/mol. The summed E-state index contributed by atoms with van der Waals surface area (Å²) in [6, 6.07) is 6.65. The molecule has 6 nitrogen and oxygen atoms in total. The first-order valence-electron chi connectivity index (χ1n) is 10.9. The van der Waals surface area contributed by atoms with Crippen molar-refractivity contribution in [1.82, 2.24) is 5.32 Å². The van der Waals surface area contributed by atoms with E-state index in [9.17, 15) is 35.6 Å². The van der Waals surface area contributed by atoms with Gasteiger partial charge in [0.25, 0.3) is 5.91 Å². The van der Waals surface area contributed by atoms with Gasteiger partial charge in [-0.25, -0.2) is 12.8 Å². The molecular weight excluding hydrogens is 500 g/mol. The van der Waals surface area contributed by atoms with Crippen molar-refractivity contribution < 1.29 is 35.6 Å². The van der Waals surface area contributed by atoms with Crippen molar-refractivity contribution in [3.8, 4) is 0 Å². The van der Waals surface area contributed by atoms with Crippen LogP contribution in [0, 0.1) is 11.7 Å². The maximum absolute atomic E-state index is 14.8. The Morgan fingerprint density at radius 2 is 1.78 bits per heavy atom. The van der Waals surface area contributed by atoms with Gasteiger partial charge in [-0.05, 0) is 36.6 Å². The van der Waals surface area contributed by atoms with Crippen molar-refractivity contribution in [3.63, 3.8) is 0 Å². The van der Waals surface area contributed by atoms with Gasteiger partial charge in [-0.2, -0.15) is 13.2 Å². The zero-order chi connectivity index (χ0) is 27.0. The van der Waals surface area contributed by atoms with Crippen LogP contribution in [0.2, 0.25) is 0 Å². The molecule has 1 heterocycles. The van der Waals surface area contributed by atoms with E-state index in [1.165, 1.54) is 31.2 Å². The predicted octanol–water partition coefficient (Wildman–Crippen LogP) is 4.77. The maximum Gasteiger partial charge on any atom is 0.416 e. The number of carbonyl (C=O) groups excluding carboxylic acids is 2. The highest BCUT2D eigenvalue weighted by molar-refractivity contribution is 7.90. The van der Waals surface area contributed by atoms with Gasteiger partial charge in [-0.3, -0.25) is 14.6 Å². The number of carbonyl (C=O) groups is 2. The number of Topliss-reactive ketones (excluding diaryl/α,β-unsaturated/α-hetero) is 1. The molecule has 1 amide bonds. The molecule has 192 valence electrons. The smallest absolute Gasteiger partial charge is 0.345 e. The van der Waals surface area contributed by atoms with Gasteiger partial charge in [0.15, 0.2) is 15.6 Å². The number of amides is 1. The van der Waals surface area contributed by atoms with Crippen LogP contribution in [0.1, 0.15) is 49.4 Å². The van der Waals surface area contributed by atoms with Crippen LogP contribution in [0.5, 0.6) is 0 Å². The second kappa shape index (κ2) is 9.96. The first kappa shape index (κ1) is 27.3. The number of sulfone groups is 1. The molecule has 2 unspecified atom stereocenters. The molecule has 3 rings (SSSR count). The van der Waals surface area contributed by atoms with E-state index in [2.05, 4.69) is 10.3 Å². The van der Waals surface area contributed by atoms with Crippen molar-refractivity contribution in [1.29, 1.82) is 0 Å². The van der Waals surface area contributed by atoms with Crippen LogP contribution in [0.4, 0.5) is 17.6 Å². The summed E-state index contributed by atoms with van der Waals surface area (Å²) in [6.45, 7) is 4.86. The summed E-state index contributed by atoms with van der Waals surface area (Å²) in [5, 5.41) is 2.59. The minimum absolute atomic E-state index is 0.0173. The van der Waals surface area contributed by atoms with Gasteiger partial charge in [-0.1, -0.05) is 38.1 Å². The van der Waals surface area contributed by atoms with E-state index < -0.39 is 51.0 Å². The van der Waals surface area contributed by atoms with Crippen molar-refractivity contribution in [2.45, 2.75) is 43.8 Å². The van der Waals surface area contributed by atoms with Gasteiger partial charge < -0.3 is 5.32 Å². The zero-order valence-electron chi connectivity index (χ0n) is 19.9. The molecule has 0 radical (unpaired) electrons. The second-order valence-electron chi connectivity index (χ2n) is 8.88. The van der Waals surface area contributed by atoms with Gasteiger partial charge >= 0.3 is 6.18 Å². The molecule has 0 aliphatic carbocycles. The topological polar surface area (TPSA) is 92.7 Å². The molecule has 2 aromatic rings. The lowest BCUT2D eigenvalue weighted by atomic mass is 9.84. The third kappa shape index (κ3) is 5.72.